The van der Waals surface area contributed by atoms with Crippen molar-refractivity contribution < 1.29 is 0 Å². The van der Waals surface area contributed by atoms with Crippen LogP contribution in [0.2, 0.25) is 24.2 Å². The molecule has 0 atom stereocenters. The van der Waals surface area contributed by atoms with Gasteiger partial charge < -0.3 is 0 Å². The summed E-state index contributed by atoms with van der Waals surface area (Å²) in [5.74, 6) is 0. The highest BCUT2D eigenvalue weighted by atomic mass is 79.9. The molecule has 1 aromatic rings. The average molecular weight is 464 g/mol. The van der Waals surface area contributed by atoms with Gasteiger partial charge in [0.25, 0.3) is 0 Å². The van der Waals surface area contributed by atoms with Crippen LogP contribution in [0.1, 0.15) is 53.4 Å². The van der Waals surface area contributed by atoms with Crippen LogP contribution in [-0.4, -0.2) is 13.4 Å². The molecule has 0 N–H and O–H groups in total. The zero-order valence-electron chi connectivity index (χ0n) is 14.7. The Morgan fingerprint density at radius 1 is 0.591 bits per heavy atom. The van der Waals surface area contributed by atoms with Crippen molar-refractivity contribution in [3.63, 3.8) is 0 Å². The summed E-state index contributed by atoms with van der Waals surface area (Å²) < 4.78 is 0. The summed E-state index contributed by atoms with van der Waals surface area (Å²) in [4.78, 5) is 0. The Labute approximate surface area is 155 Å². The van der Waals surface area contributed by atoms with E-state index in [-0.39, 0.29) is 0 Å². The van der Waals surface area contributed by atoms with Crippen LogP contribution in [0.4, 0.5) is 0 Å². The van der Waals surface area contributed by atoms with Crippen molar-refractivity contribution >= 4 is 54.3 Å². The highest BCUT2D eigenvalue weighted by molar-refractivity contribution is 9.26. The number of hydrogen-bond donors (Lipinski definition) is 0. The number of benzene rings is 1. The van der Waals surface area contributed by atoms with E-state index in [1.807, 2.05) is 0 Å². The first-order chi connectivity index (χ1) is 10.5. The van der Waals surface area contributed by atoms with Crippen molar-refractivity contribution in [2.75, 3.05) is 0 Å². The fourth-order valence-corrected chi connectivity index (χ4v) is 16.2. The predicted octanol–water partition coefficient (Wildman–Crippen LogP) is 6.42. The lowest BCUT2D eigenvalue weighted by molar-refractivity contribution is 1.01. The van der Waals surface area contributed by atoms with Crippen molar-refractivity contribution in [2.45, 2.75) is 77.6 Å². The fourth-order valence-electron chi connectivity index (χ4n) is 3.48. The summed E-state index contributed by atoms with van der Waals surface area (Å²) in [6, 6.07) is 15.2. The quantitative estimate of drug-likeness (QED) is 0.277. The van der Waals surface area contributed by atoms with Gasteiger partial charge in [0.1, 0.15) is 0 Å². The third-order valence-electron chi connectivity index (χ3n) is 4.50. The number of halogens is 2. The summed E-state index contributed by atoms with van der Waals surface area (Å²) in [6.45, 7) is 6.38. The van der Waals surface area contributed by atoms with Crippen molar-refractivity contribution in [1.82, 2.24) is 0 Å². The Morgan fingerprint density at radius 3 is 1.00 bits per heavy atom. The van der Waals surface area contributed by atoms with Crippen LogP contribution < -0.4 is 10.4 Å². The summed E-state index contributed by atoms with van der Waals surface area (Å²) in [7, 11) is 0. The number of hydrogen-bond acceptors (Lipinski definition) is 0. The predicted molar refractivity (Wildman–Crippen MR) is 115 cm³/mol. The lowest BCUT2D eigenvalue weighted by atomic mass is 10.4. The highest BCUT2D eigenvalue weighted by Crippen LogP contribution is 2.28. The van der Waals surface area contributed by atoms with Gasteiger partial charge in [-0.1, -0.05) is 77.6 Å². The van der Waals surface area contributed by atoms with Crippen LogP contribution >= 0.6 is 30.6 Å². The molecule has 0 fully saturated rings. The molecule has 0 aromatic heterocycles. The van der Waals surface area contributed by atoms with E-state index in [2.05, 4.69) is 82.5 Å². The summed E-state index contributed by atoms with van der Waals surface area (Å²) in [5.41, 5.74) is 0. The molecular formula is C18H32Br2Si2. The largest absolute Gasteiger partial charge is 0.160 e. The molecule has 0 aliphatic rings. The molecule has 0 heterocycles. The van der Waals surface area contributed by atoms with Gasteiger partial charge in [-0.15, -0.1) is 30.6 Å². The summed E-state index contributed by atoms with van der Waals surface area (Å²) >= 11 is 8.38. The Hall–Kier alpha value is 0.614. The molecule has 1 aromatic carbocycles. The van der Waals surface area contributed by atoms with Gasteiger partial charge in [0, 0.05) is 0 Å². The van der Waals surface area contributed by atoms with E-state index in [9.17, 15) is 0 Å². The second-order valence-electron chi connectivity index (χ2n) is 6.51. The lowest BCUT2D eigenvalue weighted by Crippen LogP contribution is -2.45. The van der Waals surface area contributed by atoms with Crippen molar-refractivity contribution in [3.8, 4) is 0 Å². The highest BCUT2D eigenvalue weighted by Gasteiger charge is 2.33. The molecule has 0 saturated carbocycles. The van der Waals surface area contributed by atoms with Crippen LogP contribution in [0.5, 0.6) is 0 Å². The molecule has 0 radical (unpaired) electrons. The van der Waals surface area contributed by atoms with E-state index < -0.39 is 13.4 Å². The van der Waals surface area contributed by atoms with Crippen LogP contribution in [0, 0.1) is 0 Å². The third-order valence-corrected chi connectivity index (χ3v) is 19.9. The minimum Gasteiger partial charge on any atom is -0.120 e. The van der Waals surface area contributed by atoms with Gasteiger partial charge in [0.15, 0.2) is 13.4 Å². The van der Waals surface area contributed by atoms with Crippen LogP contribution in [0.15, 0.2) is 24.3 Å². The van der Waals surface area contributed by atoms with E-state index in [1.54, 1.807) is 10.4 Å². The maximum Gasteiger partial charge on any atom is 0.160 e. The third kappa shape index (κ3) is 5.32. The van der Waals surface area contributed by atoms with Crippen molar-refractivity contribution in [2.24, 2.45) is 0 Å². The second-order valence-corrected chi connectivity index (χ2v) is 22.6. The topological polar surface area (TPSA) is 0 Å². The van der Waals surface area contributed by atoms with Gasteiger partial charge >= 0.3 is 0 Å². The zero-order valence-corrected chi connectivity index (χ0v) is 19.9. The van der Waals surface area contributed by atoms with E-state index in [0.717, 1.165) is 0 Å². The molecule has 4 heteroatoms. The smallest absolute Gasteiger partial charge is 0.120 e. The Bertz CT molecular complexity index is 378. The summed E-state index contributed by atoms with van der Waals surface area (Å²) in [5, 5.41) is 3.19. The SMILES string of the molecule is CCC[Si](Br)(CCC)c1ccc([Si](Br)(CCC)CCC)cc1. The van der Waals surface area contributed by atoms with E-state index in [1.165, 1.54) is 49.9 Å². The molecule has 0 spiro atoms. The van der Waals surface area contributed by atoms with E-state index in [4.69, 9.17) is 0 Å². The molecule has 126 valence electrons. The first kappa shape index (κ1) is 20.7. The first-order valence-corrected chi connectivity index (χ1v) is 18.3. The monoisotopic (exact) mass is 462 g/mol. The van der Waals surface area contributed by atoms with Crippen LogP contribution in [-0.2, 0) is 0 Å². The molecule has 1 rings (SSSR count). The van der Waals surface area contributed by atoms with Gasteiger partial charge in [-0.05, 0) is 34.5 Å². The zero-order chi connectivity index (χ0) is 16.6. The molecule has 0 nitrogen and oxygen atoms in total. The minimum atomic E-state index is -1.43. The maximum atomic E-state index is 4.19. The normalized spacial score (nSPS) is 12.6. The Balaban J connectivity index is 3.06. The van der Waals surface area contributed by atoms with Crippen molar-refractivity contribution in [3.05, 3.63) is 24.3 Å². The van der Waals surface area contributed by atoms with Gasteiger partial charge in [0.05, 0.1) is 0 Å². The summed E-state index contributed by atoms with van der Waals surface area (Å²) in [6.07, 6.45) is 5.12. The molecule has 0 aliphatic heterocycles. The average Bonchev–Trinajstić information content (AvgIpc) is 2.48. The van der Waals surface area contributed by atoms with E-state index in [0.29, 0.717) is 0 Å². The molecule has 22 heavy (non-hydrogen) atoms. The van der Waals surface area contributed by atoms with Gasteiger partial charge in [-0.2, -0.15) is 0 Å². The standard InChI is InChI=1S/C18H32Br2Si2/c1-5-13-21(19,14-6-2)17-9-11-18(12-10-17)22(20,15-7-3)16-8-4/h9-12H,5-8,13-16H2,1-4H3. The van der Waals surface area contributed by atoms with Gasteiger partial charge in [0.2, 0.25) is 0 Å². The first-order valence-electron chi connectivity index (χ1n) is 8.94. The molecule has 0 aliphatic carbocycles. The second kappa shape index (κ2) is 9.80. The molecule has 0 amide bonds. The fraction of sp³-hybridized carbons (Fsp3) is 0.667. The Morgan fingerprint density at radius 2 is 0.818 bits per heavy atom. The van der Waals surface area contributed by atoms with E-state index >= 15 is 0 Å². The molecule has 0 unspecified atom stereocenters. The molecule has 0 bridgehead atoms. The maximum absolute atomic E-state index is 4.19. The Kier molecular flexibility index (Phi) is 9.20. The molecular weight excluding hydrogens is 432 g/mol. The molecule has 0 saturated heterocycles. The van der Waals surface area contributed by atoms with Crippen LogP contribution in [0.25, 0.3) is 0 Å². The van der Waals surface area contributed by atoms with Crippen LogP contribution in [0.3, 0.4) is 0 Å². The van der Waals surface area contributed by atoms with Gasteiger partial charge in [-0.25, -0.2) is 0 Å². The lowest BCUT2D eigenvalue weighted by Gasteiger charge is -2.28. The minimum absolute atomic E-state index is 1.28. The van der Waals surface area contributed by atoms with Gasteiger partial charge in [-0.3, -0.25) is 0 Å². The van der Waals surface area contributed by atoms with Crippen molar-refractivity contribution in [1.29, 1.82) is 0 Å². The number of rotatable bonds is 10.